The zero-order valence-corrected chi connectivity index (χ0v) is 79.8. The molecule has 0 N–H and O–H groups in total. The van der Waals surface area contributed by atoms with Gasteiger partial charge in [-0.1, -0.05) is 323 Å². The molecule has 0 aliphatic heterocycles. The molecule has 0 saturated heterocycles. The lowest BCUT2D eigenvalue weighted by molar-refractivity contribution is 0.660. The van der Waals surface area contributed by atoms with Crippen molar-refractivity contribution < 1.29 is 18.1 Å². The quantitative estimate of drug-likeness (QED) is 0.101. The van der Waals surface area contributed by atoms with Gasteiger partial charge >= 0.3 is 0 Å². The Balaban J connectivity index is 0.000000149. The van der Waals surface area contributed by atoms with Gasteiger partial charge in [-0.3, -0.25) is 0 Å². The number of hydrogen-bond donors (Lipinski definition) is 0. The summed E-state index contributed by atoms with van der Waals surface area (Å²) in [7, 11) is 0. The zero-order valence-electron chi connectivity index (χ0n) is 89.8. The Kier molecular flexibility index (Phi) is 17.4. The van der Waals surface area contributed by atoms with E-state index in [4.69, 9.17) is 60.2 Å². The molecule has 0 unspecified atom stereocenters. The summed E-state index contributed by atoms with van der Waals surface area (Å²) < 4.78 is 106. The highest BCUT2D eigenvalue weighted by Crippen LogP contribution is 2.53. The molecule has 0 spiro atoms. The van der Waals surface area contributed by atoms with Gasteiger partial charge in [0.15, 0.2) is 52.4 Å². The molecule has 30 rings (SSSR count). The van der Waals surface area contributed by atoms with Crippen LogP contribution in [-0.4, -0.2) is 67.7 Å². The standard InChI is InChI=1S/C72H45N9.C61H38N6O/c1-6-22-46(23-7-1)67-73-68(47-24-8-2-9-25-47)75-70(74-67)50-39-42-63(81-60-36-20-16-32-53(60)55-40-43-64-65(66(55)81)56-34-18-21-37-61(56)80(64)52-30-14-5-15-31-52)58(45-50)72-77-69(48-26-10-3-11-27-48)76-71(78-72)49-38-41-62-57(44-49)54-33-17-19-35-59(54)79(62)51-28-12-4-13-29-51;1-61(2)48-20-10-6-16-41(48)42-27-26-40(34-49(42)61)66-52-22-12-8-19-46(52)56-53(66)30-28-45-43-17-7-11-21-51(43)67(57(45)56)50-29-24-37(32-39(50)35-62)59-63-58(36-14-4-3-5-15-36)64-60(65-59)38-25-31-55-47(33-38)44-18-9-13-23-54(44)68-55/h1-45H;3-34H,1-2H3/i3D,10D,11D,26D,27D;3D,4D,5D,14D,15D. The van der Waals surface area contributed by atoms with Crippen LogP contribution in [0.1, 0.15) is 44.2 Å². The fourth-order valence-electron chi connectivity index (χ4n) is 22.5. The van der Waals surface area contributed by atoms with Gasteiger partial charge in [-0.05, 0) is 180 Å². The van der Waals surface area contributed by atoms with Crippen LogP contribution in [0.5, 0.6) is 0 Å². The molecule has 29 aromatic rings. The Hall–Kier alpha value is -20.3. The van der Waals surface area contributed by atoms with Crippen molar-refractivity contribution in [3.8, 4) is 148 Å². The van der Waals surface area contributed by atoms with E-state index in [2.05, 4.69) is 255 Å². The van der Waals surface area contributed by atoms with Crippen LogP contribution < -0.4 is 0 Å². The van der Waals surface area contributed by atoms with Crippen molar-refractivity contribution in [1.29, 1.82) is 5.26 Å². The number of benzene rings is 20. The summed E-state index contributed by atoms with van der Waals surface area (Å²) in [5, 5.41) is 23.2. The number of furan rings is 1. The molecule has 0 saturated carbocycles. The van der Waals surface area contributed by atoms with Gasteiger partial charge in [0.2, 0.25) is 0 Å². The maximum Gasteiger partial charge on any atom is 0.166 e. The summed E-state index contributed by atoms with van der Waals surface area (Å²) in [6.45, 7) is 4.60. The highest BCUT2D eigenvalue weighted by molar-refractivity contribution is 6.28. The summed E-state index contributed by atoms with van der Waals surface area (Å²) in [4.78, 5) is 45.9. The number of nitriles is 1. The minimum Gasteiger partial charge on any atom is -0.456 e. The third-order valence-corrected chi connectivity index (χ3v) is 29.1. The van der Waals surface area contributed by atoms with E-state index in [1.807, 2.05) is 188 Å². The Bertz CT molecular complexity index is 11200. The summed E-state index contributed by atoms with van der Waals surface area (Å²) in [6.07, 6.45) is 0. The number of para-hydroxylation sites is 8. The van der Waals surface area contributed by atoms with E-state index in [0.29, 0.717) is 67.8 Å². The summed E-state index contributed by atoms with van der Waals surface area (Å²) in [6, 6.07) is 135. The number of aromatic nitrogens is 14. The van der Waals surface area contributed by atoms with Gasteiger partial charge in [-0.2, -0.15) is 5.26 Å². The molecule has 9 heterocycles. The SMILES string of the molecule is [2H]c1c([2H])c([2H])c(-c2nc(-c3ccc(-n4c5ccccc5c5ccc6c(c7ccccc7n6-c6ccc7c(c6)C(C)(C)c6ccccc6-7)c54)c(C#N)c3)nc(-c3ccc4oc5ccccc5c4c3)n2)c([2H])c1[2H].[2H]c1c([2H])c([2H])c(-c2nc(-c3ccc4c(c3)c3ccccc3n4-c3ccccc3)nc(-c3cc(-c4nc(-c5ccccc5)nc(-c5ccccc5)n4)ccc3-n3c4ccccc4c4ccc5c(c6ccccc6n5-c5ccccc5)c43)n2)c([2H])c1[2H]. The Morgan fingerprint density at radius 2 is 0.597 bits per heavy atom. The molecule has 16 nitrogen and oxygen atoms in total. The number of rotatable bonds is 14. The van der Waals surface area contributed by atoms with Crippen LogP contribution in [0, 0.1) is 11.3 Å². The Morgan fingerprint density at radius 1 is 0.235 bits per heavy atom. The fourth-order valence-corrected chi connectivity index (χ4v) is 22.5. The second-order valence-corrected chi connectivity index (χ2v) is 37.8. The first-order valence-electron chi connectivity index (χ1n) is 54.2. The highest BCUT2D eigenvalue weighted by atomic mass is 16.3. The smallest absolute Gasteiger partial charge is 0.166 e. The molecule has 0 fully saturated rings. The van der Waals surface area contributed by atoms with Gasteiger partial charge in [0.1, 0.15) is 17.2 Å². The van der Waals surface area contributed by atoms with Gasteiger partial charge < -0.3 is 27.3 Å². The summed E-state index contributed by atoms with van der Waals surface area (Å²) >= 11 is 0. The van der Waals surface area contributed by atoms with E-state index in [-0.39, 0.29) is 51.5 Å². The van der Waals surface area contributed by atoms with Gasteiger partial charge in [0.25, 0.3) is 0 Å². The van der Waals surface area contributed by atoms with Crippen molar-refractivity contribution in [2.45, 2.75) is 19.3 Å². The molecule has 20 aromatic carbocycles. The lowest BCUT2D eigenvalue weighted by Gasteiger charge is -2.22. The van der Waals surface area contributed by atoms with Crippen LogP contribution in [0.25, 0.3) is 273 Å². The van der Waals surface area contributed by atoms with Crippen molar-refractivity contribution in [2.75, 3.05) is 0 Å². The van der Waals surface area contributed by atoms with Crippen LogP contribution in [-0.2, 0) is 5.41 Å². The average molecular weight is 1920 g/mol. The molecule has 1 aliphatic carbocycles. The van der Waals surface area contributed by atoms with Crippen molar-refractivity contribution in [2.24, 2.45) is 0 Å². The van der Waals surface area contributed by atoms with Crippen molar-refractivity contribution in [3.63, 3.8) is 0 Å². The first-order chi connectivity index (χ1) is 77.7. The minimum absolute atomic E-state index is 0.0985. The van der Waals surface area contributed by atoms with Gasteiger partial charge in [0, 0.05) is 137 Å². The molecule has 696 valence electrons. The normalized spacial score (nSPS) is 13.2. The van der Waals surface area contributed by atoms with E-state index in [1.54, 1.807) is 6.07 Å². The van der Waals surface area contributed by atoms with Crippen molar-refractivity contribution in [3.05, 3.63) is 484 Å². The molecule has 0 atom stereocenters. The van der Waals surface area contributed by atoms with Crippen LogP contribution in [0.15, 0.2) is 471 Å². The monoisotopic (exact) mass is 1920 g/mol. The predicted octanol–water partition coefficient (Wildman–Crippen LogP) is 32.5. The van der Waals surface area contributed by atoms with Crippen LogP contribution in [0.3, 0.4) is 0 Å². The molecule has 0 radical (unpaired) electrons. The van der Waals surface area contributed by atoms with E-state index < -0.39 is 60.4 Å². The zero-order chi connectivity index (χ0) is 107. The third-order valence-electron chi connectivity index (χ3n) is 29.1. The van der Waals surface area contributed by atoms with E-state index in [0.717, 1.165) is 154 Å². The van der Waals surface area contributed by atoms with Crippen LogP contribution in [0.4, 0.5) is 0 Å². The van der Waals surface area contributed by atoms with Crippen molar-refractivity contribution >= 4 is 131 Å². The number of nitrogens with zero attached hydrogens (tertiary/aromatic N) is 15. The molecule has 0 amide bonds. The Morgan fingerprint density at radius 3 is 1.13 bits per heavy atom. The maximum absolute atomic E-state index is 11.2. The highest BCUT2D eigenvalue weighted by Gasteiger charge is 2.37. The summed E-state index contributed by atoms with van der Waals surface area (Å²) in [5.41, 5.74) is 25.1. The van der Waals surface area contributed by atoms with Crippen LogP contribution >= 0.6 is 0 Å². The van der Waals surface area contributed by atoms with Gasteiger partial charge in [0.05, 0.1) is 85.8 Å². The predicted molar refractivity (Wildman–Crippen MR) is 603 cm³/mol. The maximum atomic E-state index is 11.2. The minimum atomic E-state index is -0.526. The van der Waals surface area contributed by atoms with E-state index in [9.17, 15) is 8.00 Å². The molecule has 0 bridgehead atoms. The fraction of sp³-hybridized carbons (Fsp3) is 0.0226. The largest absolute Gasteiger partial charge is 0.456 e. The second kappa shape index (κ2) is 34.2. The molecular formula is C133H83N15O. The molecule has 9 aromatic heterocycles. The van der Waals surface area contributed by atoms with Crippen molar-refractivity contribution in [1.82, 2.24) is 67.7 Å². The molecule has 1 aliphatic rings. The third kappa shape index (κ3) is 13.9. The number of hydrogen-bond acceptors (Lipinski definition) is 11. The van der Waals surface area contributed by atoms with E-state index >= 15 is 0 Å². The lowest BCUT2D eigenvalue weighted by Crippen LogP contribution is -2.15. The van der Waals surface area contributed by atoms with Crippen LogP contribution in [0.2, 0.25) is 0 Å². The first-order valence-corrected chi connectivity index (χ1v) is 49.2. The molecule has 16 heteroatoms. The average Bonchev–Trinajstić information content (AvgIpc) is 1.54. The second-order valence-electron chi connectivity index (χ2n) is 37.8. The molecular weight excluding hydrogens is 1820 g/mol. The van der Waals surface area contributed by atoms with Gasteiger partial charge in [-0.25, -0.2) is 44.9 Å². The first kappa shape index (κ1) is 75.5. The number of fused-ring (bicyclic) bond motifs is 23. The lowest BCUT2D eigenvalue weighted by atomic mass is 9.82. The summed E-state index contributed by atoms with van der Waals surface area (Å²) in [5.74, 6) is 1.91. The Labute approximate surface area is 867 Å². The topological polar surface area (TPSA) is 178 Å². The van der Waals surface area contributed by atoms with Gasteiger partial charge in [-0.15, -0.1) is 0 Å². The van der Waals surface area contributed by atoms with E-state index in [1.165, 1.54) is 22.3 Å². The molecule has 149 heavy (non-hydrogen) atoms.